The van der Waals surface area contributed by atoms with Crippen LogP contribution in [-0.4, -0.2) is 82.6 Å². The van der Waals surface area contributed by atoms with Crippen LogP contribution in [0.1, 0.15) is 73.6 Å². The molecule has 0 amide bonds. The van der Waals surface area contributed by atoms with E-state index in [9.17, 15) is 0 Å². The van der Waals surface area contributed by atoms with E-state index in [2.05, 4.69) is 153 Å². The van der Waals surface area contributed by atoms with E-state index < -0.39 is 0 Å². The minimum atomic E-state index is 0.942. The van der Waals surface area contributed by atoms with Crippen molar-refractivity contribution in [2.75, 3.05) is 82.6 Å². The third-order valence-electron chi connectivity index (χ3n) is 11.7. The Labute approximate surface area is 306 Å². The molecule has 7 aliphatic rings. The zero-order valence-electron chi connectivity index (χ0n) is 32.9. The zero-order chi connectivity index (χ0) is 35.8. The van der Waals surface area contributed by atoms with Crippen LogP contribution >= 0.6 is 0 Å². The van der Waals surface area contributed by atoms with Gasteiger partial charge in [-0.15, -0.1) is 0 Å². The first-order valence-electron chi connectivity index (χ1n) is 19.4. The second kappa shape index (κ2) is 16.4. The number of quaternary nitrogens is 4. The molecule has 0 atom stereocenters. The molecule has 8 bridgehead atoms. The van der Waals surface area contributed by atoms with Gasteiger partial charge in [-0.3, -0.25) is 17.9 Å². The van der Waals surface area contributed by atoms with Crippen molar-refractivity contribution in [1.82, 2.24) is 17.9 Å². The van der Waals surface area contributed by atoms with Gasteiger partial charge in [-0.2, -0.15) is 0 Å². The Morgan fingerprint density at radius 1 is 0.260 bits per heavy atom. The summed E-state index contributed by atoms with van der Waals surface area (Å²) in [6.07, 6.45) is 12.2. The van der Waals surface area contributed by atoms with Gasteiger partial charge in [0.2, 0.25) is 0 Å². The molecule has 4 aromatic carbocycles. The predicted octanol–water partition coefficient (Wildman–Crippen LogP) is 9.97. The lowest BCUT2D eigenvalue weighted by Crippen LogP contribution is -2.41. The van der Waals surface area contributed by atoms with E-state index in [1.165, 1.54) is 123 Å². The molecular weight excluding hydrogens is 609 g/mol. The summed E-state index contributed by atoms with van der Waals surface area (Å²) < 4.78 is 3.77. The molecule has 4 nitrogen and oxygen atoms in total. The SMILES string of the molecule is C[N+]1(C)CCCCCC[N+](C)(C)c2ccc(cc2)Cc2ccc(cc2)[N+](C)(C)CCCCCC[N+](C)(C)c2ccc(cc2)Cc2ccc1cc2. The Morgan fingerprint density at radius 2 is 0.440 bits per heavy atom. The molecule has 50 heavy (non-hydrogen) atoms. The smallest absolute Gasteiger partial charge is 0.132 e. The Hall–Kier alpha value is -3.28. The van der Waals surface area contributed by atoms with Crippen molar-refractivity contribution >= 4 is 22.7 Å². The largest absolute Gasteiger partial charge is 0.296 e. The van der Waals surface area contributed by atoms with Crippen LogP contribution in [0.25, 0.3) is 0 Å². The average molecular weight is 677 g/mol. The molecule has 0 fully saturated rings. The zero-order valence-corrected chi connectivity index (χ0v) is 32.9. The molecule has 0 spiro atoms. The van der Waals surface area contributed by atoms with Gasteiger partial charge in [0, 0.05) is 0 Å². The number of nitrogens with zero attached hydrogens (tertiary/aromatic N) is 4. The molecule has 7 aliphatic heterocycles. The van der Waals surface area contributed by atoms with E-state index in [1.807, 2.05) is 0 Å². The van der Waals surface area contributed by atoms with Crippen LogP contribution < -0.4 is 17.9 Å². The van der Waals surface area contributed by atoms with E-state index >= 15 is 0 Å². The van der Waals surface area contributed by atoms with E-state index in [4.69, 9.17) is 0 Å². The van der Waals surface area contributed by atoms with Gasteiger partial charge >= 0.3 is 0 Å². The van der Waals surface area contributed by atoms with Gasteiger partial charge in [-0.25, -0.2) is 0 Å². The number of benzene rings is 4. The fourth-order valence-electron chi connectivity index (χ4n) is 7.79. The standard InChI is InChI=1S/C46H68N4/c1-47(2)33-13-9-10-14-34-48(3,4)44-29-21-41(22-30-44)38-42-23-31-46(32-24-42)50(7,8)36-16-12-11-15-35-49(5,6)45-27-19-40(20-28-45)37-39-17-25-43(47)26-18-39/h17-32H,9-16,33-38H2,1-8H3/q+4. The molecule has 268 valence electrons. The molecule has 4 heteroatoms. The summed E-state index contributed by atoms with van der Waals surface area (Å²) in [5.74, 6) is 0. The molecule has 7 heterocycles. The molecule has 0 N–H and O–H groups in total. The summed E-state index contributed by atoms with van der Waals surface area (Å²) in [4.78, 5) is 0. The molecule has 0 aliphatic carbocycles. The normalized spacial score (nSPS) is 20.3. The van der Waals surface area contributed by atoms with Crippen molar-refractivity contribution in [3.05, 3.63) is 119 Å². The van der Waals surface area contributed by atoms with Crippen molar-refractivity contribution in [2.24, 2.45) is 0 Å². The molecule has 0 saturated carbocycles. The molecule has 11 rings (SSSR count). The van der Waals surface area contributed by atoms with Crippen LogP contribution in [0, 0.1) is 0 Å². The highest BCUT2D eigenvalue weighted by atomic mass is 15.3. The average Bonchev–Trinajstić information content (AvgIpc) is 3.08. The van der Waals surface area contributed by atoms with Gasteiger partial charge in [0.05, 0.1) is 82.6 Å². The van der Waals surface area contributed by atoms with Crippen molar-refractivity contribution in [1.29, 1.82) is 0 Å². The molecule has 4 aromatic rings. The minimum Gasteiger partial charge on any atom is -0.296 e. The van der Waals surface area contributed by atoms with Crippen LogP contribution in [0.2, 0.25) is 0 Å². The van der Waals surface area contributed by atoms with Gasteiger partial charge < -0.3 is 0 Å². The van der Waals surface area contributed by atoms with Gasteiger partial charge in [-0.1, -0.05) is 48.5 Å². The van der Waals surface area contributed by atoms with Crippen LogP contribution in [0.3, 0.4) is 0 Å². The Balaban J connectivity index is 1.26. The molecule has 0 saturated heterocycles. The quantitative estimate of drug-likeness (QED) is 0.163. The van der Waals surface area contributed by atoms with Gasteiger partial charge in [0.1, 0.15) is 22.7 Å². The van der Waals surface area contributed by atoms with E-state index in [1.54, 1.807) is 0 Å². The number of hydrogen-bond donors (Lipinski definition) is 0. The highest BCUT2D eigenvalue weighted by Crippen LogP contribution is 2.27. The fraction of sp³-hybridized carbons (Fsp3) is 0.478. The maximum atomic E-state index is 2.36. The molecular formula is C46H68N4+4. The first kappa shape index (κ1) is 38.0. The lowest BCUT2D eigenvalue weighted by Gasteiger charge is -2.30. The van der Waals surface area contributed by atoms with Gasteiger partial charge in [-0.05, 0) is 135 Å². The summed E-state index contributed by atoms with van der Waals surface area (Å²) in [6, 6.07) is 37.6. The highest BCUT2D eigenvalue weighted by Gasteiger charge is 2.22. The molecule has 0 radical (unpaired) electrons. The first-order valence-corrected chi connectivity index (χ1v) is 19.4. The monoisotopic (exact) mass is 677 g/mol. The fourth-order valence-corrected chi connectivity index (χ4v) is 7.79. The van der Waals surface area contributed by atoms with Crippen LogP contribution in [0.15, 0.2) is 97.1 Å². The number of hydrogen-bond acceptors (Lipinski definition) is 0. The summed E-state index contributed by atoms with van der Waals surface area (Å²) >= 11 is 0. The Bertz CT molecular complexity index is 1360. The number of rotatable bonds is 0. The van der Waals surface area contributed by atoms with E-state index in [0.717, 1.165) is 30.8 Å². The van der Waals surface area contributed by atoms with Crippen LogP contribution in [-0.2, 0) is 12.8 Å². The minimum absolute atomic E-state index is 0.942. The van der Waals surface area contributed by atoms with Gasteiger partial charge in [0.15, 0.2) is 0 Å². The Morgan fingerprint density at radius 3 is 0.620 bits per heavy atom. The predicted molar refractivity (Wildman–Crippen MR) is 222 cm³/mol. The van der Waals surface area contributed by atoms with Crippen molar-refractivity contribution in [3.63, 3.8) is 0 Å². The summed E-state index contributed by atoms with van der Waals surface area (Å²) in [7, 11) is 18.9. The second-order valence-electron chi connectivity index (χ2n) is 17.5. The van der Waals surface area contributed by atoms with Crippen molar-refractivity contribution < 1.29 is 0 Å². The van der Waals surface area contributed by atoms with E-state index in [0.29, 0.717) is 0 Å². The summed E-state index contributed by atoms with van der Waals surface area (Å²) in [5.41, 5.74) is 11.2. The second-order valence-corrected chi connectivity index (χ2v) is 17.5. The summed E-state index contributed by atoms with van der Waals surface area (Å²) in [5, 5.41) is 0. The van der Waals surface area contributed by atoms with Gasteiger partial charge in [0.25, 0.3) is 0 Å². The molecule has 0 unspecified atom stereocenters. The lowest BCUT2D eigenvalue weighted by molar-refractivity contribution is 0.363. The van der Waals surface area contributed by atoms with Crippen molar-refractivity contribution in [2.45, 2.75) is 64.2 Å². The van der Waals surface area contributed by atoms with E-state index in [-0.39, 0.29) is 0 Å². The topological polar surface area (TPSA) is 0 Å². The van der Waals surface area contributed by atoms with Crippen LogP contribution in [0.5, 0.6) is 0 Å². The lowest BCUT2D eigenvalue weighted by atomic mass is 10.0. The third-order valence-corrected chi connectivity index (χ3v) is 11.7. The maximum Gasteiger partial charge on any atom is 0.132 e. The maximum absolute atomic E-state index is 2.36. The summed E-state index contributed by atoms with van der Waals surface area (Å²) in [6.45, 7) is 4.70. The molecule has 0 aromatic heterocycles. The van der Waals surface area contributed by atoms with Crippen LogP contribution in [0.4, 0.5) is 22.7 Å². The highest BCUT2D eigenvalue weighted by molar-refractivity contribution is 5.48. The third kappa shape index (κ3) is 10.4. The first-order chi connectivity index (χ1) is 23.7. The Kier molecular flexibility index (Phi) is 12.4. The van der Waals surface area contributed by atoms with Crippen molar-refractivity contribution in [3.8, 4) is 0 Å².